The van der Waals surface area contributed by atoms with Crippen molar-refractivity contribution in [3.63, 3.8) is 0 Å². The lowest BCUT2D eigenvalue weighted by molar-refractivity contribution is -0.286. The Morgan fingerprint density at radius 3 is 2.51 bits per heavy atom. The van der Waals surface area contributed by atoms with Gasteiger partial charge < -0.3 is 20.1 Å². The molecule has 1 aromatic carbocycles. The SMILES string of the molecule is CC(C)(CS(C)(=N)=O)NC(=O)c1c(NC(=O)c2cc(Cl)nn2-c2ncccc2Cl)c(Cl)cc2c1OC(F)(F)O2. The quantitative estimate of drug-likeness (QED) is 0.336. The van der Waals surface area contributed by atoms with Crippen LogP contribution in [0.5, 0.6) is 11.5 Å². The minimum absolute atomic E-state index is 0.0610. The summed E-state index contributed by atoms with van der Waals surface area (Å²) in [5.74, 6) is -3.41. The molecular weight excluding hydrogens is 605 g/mol. The Kier molecular flexibility index (Phi) is 7.44. The molecule has 2 amide bonds. The van der Waals surface area contributed by atoms with E-state index in [-0.39, 0.29) is 32.5 Å². The number of hydrogen-bond acceptors (Lipinski definition) is 8. The lowest BCUT2D eigenvalue weighted by atomic mass is 10.0. The molecule has 0 bridgehead atoms. The molecular formula is C22H19Cl3F2N6O5S. The van der Waals surface area contributed by atoms with Crippen molar-refractivity contribution < 1.29 is 32.1 Å². The van der Waals surface area contributed by atoms with Crippen molar-refractivity contribution in [3.8, 4) is 17.3 Å². The van der Waals surface area contributed by atoms with Crippen LogP contribution in [0.1, 0.15) is 34.7 Å². The van der Waals surface area contributed by atoms with Crippen LogP contribution in [0.3, 0.4) is 0 Å². The number of benzene rings is 1. The summed E-state index contributed by atoms with van der Waals surface area (Å²) in [7, 11) is -3.07. The summed E-state index contributed by atoms with van der Waals surface area (Å²) in [6.45, 7) is 2.96. The van der Waals surface area contributed by atoms with Crippen LogP contribution in [0.15, 0.2) is 30.5 Å². The van der Waals surface area contributed by atoms with Crippen molar-refractivity contribution in [2.24, 2.45) is 0 Å². The van der Waals surface area contributed by atoms with Crippen LogP contribution < -0.4 is 20.1 Å². The van der Waals surface area contributed by atoms with Gasteiger partial charge >= 0.3 is 6.29 Å². The van der Waals surface area contributed by atoms with Gasteiger partial charge in [-0.2, -0.15) is 5.10 Å². The van der Waals surface area contributed by atoms with E-state index >= 15 is 0 Å². The number of pyridine rings is 1. The van der Waals surface area contributed by atoms with E-state index in [4.69, 9.17) is 39.6 Å². The molecule has 1 unspecified atom stereocenters. The van der Waals surface area contributed by atoms with Crippen LogP contribution >= 0.6 is 34.8 Å². The topological polar surface area (TPSA) is 148 Å². The van der Waals surface area contributed by atoms with Gasteiger partial charge in [-0.25, -0.2) is 9.67 Å². The van der Waals surface area contributed by atoms with E-state index in [0.29, 0.717) is 0 Å². The largest absolute Gasteiger partial charge is 0.586 e. The maximum atomic E-state index is 14.0. The zero-order chi connectivity index (χ0) is 28.9. The van der Waals surface area contributed by atoms with E-state index < -0.39 is 56.1 Å². The Morgan fingerprint density at radius 1 is 1.18 bits per heavy atom. The summed E-state index contributed by atoms with van der Waals surface area (Å²) in [5.41, 5.74) is -2.44. The number of ether oxygens (including phenoxy) is 2. The Labute approximate surface area is 235 Å². The zero-order valence-electron chi connectivity index (χ0n) is 20.3. The Hall–Kier alpha value is -3.20. The second-order valence-corrected chi connectivity index (χ2v) is 12.6. The summed E-state index contributed by atoms with van der Waals surface area (Å²) in [4.78, 5) is 30.9. The number of amides is 2. The van der Waals surface area contributed by atoms with Crippen molar-refractivity contribution in [2.75, 3.05) is 17.3 Å². The average Bonchev–Trinajstić information content (AvgIpc) is 3.30. The first-order valence-electron chi connectivity index (χ1n) is 10.8. The smallest absolute Gasteiger partial charge is 0.395 e. The molecule has 3 N–H and O–H groups in total. The third-order valence-electron chi connectivity index (χ3n) is 5.05. The molecule has 0 aliphatic carbocycles. The van der Waals surface area contributed by atoms with Crippen LogP contribution in [0.2, 0.25) is 15.2 Å². The molecule has 2 aromatic heterocycles. The monoisotopic (exact) mass is 622 g/mol. The van der Waals surface area contributed by atoms with Crippen LogP contribution in [-0.2, 0) is 9.73 Å². The lowest BCUT2D eigenvalue weighted by Gasteiger charge is -2.27. The zero-order valence-corrected chi connectivity index (χ0v) is 23.4. The number of carbonyl (C=O) groups is 2. The molecule has 11 nitrogen and oxygen atoms in total. The summed E-state index contributed by atoms with van der Waals surface area (Å²) in [5, 5.41) is 8.64. The van der Waals surface area contributed by atoms with Crippen molar-refractivity contribution in [1.82, 2.24) is 20.1 Å². The third-order valence-corrected chi connectivity index (χ3v) is 7.10. The third kappa shape index (κ3) is 6.35. The fourth-order valence-corrected chi connectivity index (χ4v) is 5.94. The van der Waals surface area contributed by atoms with Crippen LogP contribution in [-0.4, -0.2) is 54.6 Å². The van der Waals surface area contributed by atoms with E-state index in [1.807, 2.05) is 0 Å². The predicted octanol–water partition coefficient (Wildman–Crippen LogP) is 4.99. The highest BCUT2D eigenvalue weighted by molar-refractivity contribution is 7.91. The molecule has 39 heavy (non-hydrogen) atoms. The van der Waals surface area contributed by atoms with Crippen molar-refractivity contribution >= 4 is 62.0 Å². The highest BCUT2D eigenvalue weighted by Crippen LogP contribution is 2.49. The fraction of sp³-hybridized carbons (Fsp3) is 0.273. The van der Waals surface area contributed by atoms with Crippen molar-refractivity contribution in [1.29, 1.82) is 4.78 Å². The Bertz CT molecular complexity index is 1610. The molecule has 1 aliphatic heterocycles. The molecule has 3 heterocycles. The number of fused-ring (bicyclic) bond motifs is 1. The predicted molar refractivity (Wildman–Crippen MR) is 140 cm³/mol. The van der Waals surface area contributed by atoms with Gasteiger partial charge in [0.15, 0.2) is 22.5 Å². The number of rotatable bonds is 7. The van der Waals surface area contributed by atoms with Crippen molar-refractivity contribution in [2.45, 2.75) is 25.7 Å². The molecule has 208 valence electrons. The van der Waals surface area contributed by atoms with Crippen LogP contribution in [0.4, 0.5) is 14.5 Å². The van der Waals surface area contributed by atoms with Gasteiger partial charge in [0.1, 0.15) is 11.3 Å². The number of anilines is 1. The summed E-state index contributed by atoms with van der Waals surface area (Å²) < 4.78 is 57.8. The number of halogens is 5. The van der Waals surface area contributed by atoms with E-state index in [9.17, 15) is 22.6 Å². The number of alkyl halides is 2. The molecule has 0 spiro atoms. The first kappa shape index (κ1) is 28.8. The van der Waals surface area contributed by atoms with E-state index in [2.05, 4.69) is 30.2 Å². The summed E-state index contributed by atoms with van der Waals surface area (Å²) >= 11 is 18.5. The summed E-state index contributed by atoms with van der Waals surface area (Å²) in [6, 6.07) is 5.19. The molecule has 0 saturated carbocycles. The fourth-order valence-electron chi connectivity index (χ4n) is 3.87. The average molecular weight is 624 g/mol. The first-order chi connectivity index (χ1) is 18.0. The minimum atomic E-state index is -4.13. The number of aromatic nitrogens is 3. The lowest BCUT2D eigenvalue weighted by Crippen LogP contribution is -2.48. The molecule has 3 aromatic rings. The number of carbonyl (C=O) groups excluding carboxylic acids is 2. The van der Waals surface area contributed by atoms with E-state index in [1.165, 1.54) is 38.4 Å². The van der Waals surface area contributed by atoms with Gasteiger partial charge in [0, 0.05) is 39.9 Å². The highest BCUT2D eigenvalue weighted by atomic mass is 35.5. The number of hydrogen-bond donors (Lipinski definition) is 3. The van der Waals surface area contributed by atoms with Crippen LogP contribution in [0.25, 0.3) is 5.82 Å². The van der Waals surface area contributed by atoms with E-state index in [0.717, 1.165) is 10.7 Å². The number of nitrogens with one attached hydrogen (secondary N) is 3. The van der Waals surface area contributed by atoms with Crippen LogP contribution in [0, 0.1) is 4.78 Å². The standard InChI is InChI=1S/C22H19Cl3F2N6O5S/c1-21(2,9-39(3,28)36)31-20(35)15-16(11(24)7-13-17(15)38-22(26,27)37-13)30-19(34)12-8-14(25)32-33(12)18-10(23)5-4-6-29-18/h4-8,28H,9H2,1-3H3,(H,30,34)(H,31,35). The van der Waals surface area contributed by atoms with Crippen molar-refractivity contribution in [3.05, 3.63) is 56.9 Å². The molecule has 0 radical (unpaired) electrons. The Balaban J connectivity index is 1.79. The van der Waals surface area contributed by atoms with Gasteiger partial charge in [0.05, 0.1) is 21.5 Å². The maximum absolute atomic E-state index is 14.0. The molecule has 17 heteroatoms. The van der Waals surface area contributed by atoms with Gasteiger partial charge in [-0.3, -0.25) is 18.6 Å². The second kappa shape index (κ2) is 10.1. The Morgan fingerprint density at radius 2 is 1.87 bits per heavy atom. The van der Waals surface area contributed by atoms with Gasteiger partial charge in [0.25, 0.3) is 11.8 Å². The first-order valence-corrected chi connectivity index (χ1v) is 14.1. The highest BCUT2D eigenvalue weighted by Gasteiger charge is 2.47. The molecule has 0 saturated heterocycles. The van der Waals surface area contributed by atoms with Gasteiger partial charge in [-0.15, -0.1) is 8.78 Å². The second-order valence-electron chi connectivity index (χ2n) is 9.12. The maximum Gasteiger partial charge on any atom is 0.586 e. The van der Waals surface area contributed by atoms with Gasteiger partial charge in [-0.05, 0) is 26.0 Å². The van der Waals surface area contributed by atoms with Gasteiger partial charge in [0.2, 0.25) is 0 Å². The number of nitrogens with zero attached hydrogens (tertiary/aromatic N) is 3. The molecule has 0 fully saturated rings. The van der Waals surface area contributed by atoms with E-state index in [1.54, 1.807) is 6.07 Å². The summed E-state index contributed by atoms with van der Waals surface area (Å²) in [6.07, 6.45) is -1.54. The minimum Gasteiger partial charge on any atom is -0.395 e. The molecule has 1 atom stereocenters. The van der Waals surface area contributed by atoms with Gasteiger partial charge in [-0.1, -0.05) is 34.8 Å². The normalized spacial score (nSPS) is 15.5. The molecule has 1 aliphatic rings. The molecule has 4 rings (SSSR count).